The van der Waals surface area contributed by atoms with E-state index in [-0.39, 0.29) is 11.9 Å². The van der Waals surface area contributed by atoms with E-state index >= 15 is 0 Å². The van der Waals surface area contributed by atoms with E-state index in [4.69, 9.17) is 16.6 Å². The van der Waals surface area contributed by atoms with Gasteiger partial charge in [0.15, 0.2) is 12.0 Å². The molecule has 0 radical (unpaired) electrons. The van der Waals surface area contributed by atoms with Crippen LogP contribution in [0.3, 0.4) is 0 Å². The third kappa shape index (κ3) is 5.02. The lowest BCUT2D eigenvalue weighted by molar-refractivity contribution is -0.419. The highest BCUT2D eigenvalue weighted by atomic mass is 16.4. The summed E-state index contributed by atoms with van der Waals surface area (Å²) in [6.45, 7) is 2.26. The zero-order valence-electron chi connectivity index (χ0n) is 7.73. The second kappa shape index (κ2) is 5.36. The topological polar surface area (TPSA) is 129 Å². The summed E-state index contributed by atoms with van der Waals surface area (Å²) in [6, 6.07) is -0.603. The highest BCUT2D eigenvalue weighted by Gasteiger charge is 2.22. The standard InChI is InChI=1S/C7H16N4O2/c1-4(5(8)6(12)13)2-3-11-7(9)10/h4-5H,2-3,8H2,1H3,(H,12,13)(H4,9,10,11)/p+1. The van der Waals surface area contributed by atoms with Crippen LogP contribution in [0.2, 0.25) is 0 Å². The SMILES string of the molecule is CC(CCN=C(N)N)C([NH3+])C(=O)O. The molecule has 0 saturated heterocycles. The fraction of sp³-hybridized carbons (Fsp3) is 0.714. The summed E-state index contributed by atoms with van der Waals surface area (Å²) in [6.07, 6.45) is 0.623. The fourth-order valence-corrected chi connectivity index (χ4v) is 0.842. The van der Waals surface area contributed by atoms with Crippen LogP contribution in [0.5, 0.6) is 0 Å². The van der Waals surface area contributed by atoms with E-state index in [1.54, 1.807) is 0 Å². The van der Waals surface area contributed by atoms with E-state index in [9.17, 15) is 4.79 Å². The van der Waals surface area contributed by atoms with Crippen molar-refractivity contribution in [2.45, 2.75) is 19.4 Å². The van der Waals surface area contributed by atoms with E-state index in [0.717, 1.165) is 0 Å². The van der Waals surface area contributed by atoms with Gasteiger partial charge in [-0.3, -0.25) is 4.99 Å². The third-order valence-electron chi connectivity index (χ3n) is 1.88. The van der Waals surface area contributed by atoms with Crippen molar-refractivity contribution in [3.05, 3.63) is 0 Å². The van der Waals surface area contributed by atoms with E-state index in [2.05, 4.69) is 10.7 Å². The molecule has 6 heteroatoms. The van der Waals surface area contributed by atoms with Gasteiger partial charge in [-0.05, 0) is 6.42 Å². The summed E-state index contributed by atoms with van der Waals surface area (Å²) in [4.78, 5) is 14.2. The lowest BCUT2D eigenvalue weighted by Gasteiger charge is -2.10. The maximum atomic E-state index is 10.5. The molecular formula is C7H17N4O2+. The molecule has 6 nitrogen and oxygen atoms in total. The Bertz CT molecular complexity index is 201. The highest BCUT2D eigenvalue weighted by molar-refractivity contribution is 5.75. The minimum atomic E-state index is -0.891. The number of carboxylic acid groups (broad SMARTS) is 1. The molecule has 0 heterocycles. The summed E-state index contributed by atoms with van der Waals surface area (Å²) in [5.41, 5.74) is 13.7. The molecule has 0 bridgehead atoms. The first-order valence-electron chi connectivity index (χ1n) is 4.06. The molecule has 0 spiro atoms. The van der Waals surface area contributed by atoms with Gasteiger partial charge >= 0.3 is 5.97 Å². The van der Waals surface area contributed by atoms with E-state index in [1.807, 2.05) is 6.92 Å². The Kier molecular flexibility index (Phi) is 4.83. The van der Waals surface area contributed by atoms with Gasteiger partial charge < -0.3 is 22.3 Å². The predicted molar refractivity (Wildman–Crippen MR) is 48.8 cm³/mol. The lowest BCUT2D eigenvalue weighted by Crippen LogP contribution is -2.67. The van der Waals surface area contributed by atoms with Crippen LogP contribution in [0.15, 0.2) is 4.99 Å². The van der Waals surface area contributed by atoms with Crippen molar-refractivity contribution in [1.29, 1.82) is 0 Å². The average molecular weight is 189 g/mol. The molecule has 0 aromatic rings. The Balaban J connectivity index is 3.81. The van der Waals surface area contributed by atoms with Crippen LogP contribution in [0, 0.1) is 5.92 Å². The summed E-state index contributed by atoms with van der Waals surface area (Å²) in [5, 5.41) is 8.61. The summed E-state index contributed by atoms with van der Waals surface area (Å²) in [7, 11) is 0. The second-order valence-corrected chi connectivity index (χ2v) is 3.02. The van der Waals surface area contributed by atoms with E-state index in [0.29, 0.717) is 13.0 Å². The lowest BCUT2D eigenvalue weighted by atomic mass is 9.99. The minimum Gasteiger partial charge on any atom is -0.477 e. The van der Waals surface area contributed by atoms with Crippen LogP contribution in [0.25, 0.3) is 0 Å². The van der Waals surface area contributed by atoms with Crippen molar-refractivity contribution in [2.75, 3.05) is 6.54 Å². The highest BCUT2D eigenvalue weighted by Crippen LogP contribution is 2.04. The number of carbonyl (C=O) groups is 1. The molecule has 0 aromatic carbocycles. The van der Waals surface area contributed by atoms with Crippen molar-refractivity contribution in [1.82, 2.24) is 0 Å². The first-order valence-corrected chi connectivity index (χ1v) is 4.06. The zero-order chi connectivity index (χ0) is 10.4. The Hall–Kier alpha value is -1.30. The number of nitrogens with two attached hydrogens (primary N) is 2. The number of aliphatic carboxylic acids is 1. The molecule has 2 atom stereocenters. The Morgan fingerprint density at radius 3 is 2.54 bits per heavy atom. The normalized spacial score (nSPS) is 14.6. The number of hydrogen-bond acceptors (Lipinski definition) is 2. The number of aliphatic imine (C=N–C) groups is 1. The zero-order valence-corrected chi connectivity index (χ0v) is 7.73. The van der Waals surface area contributed by atoms with Gasteiger partial charge in [-0.15, -0.1) is 0 Å². The molecular weight excluding hydrogens is 172 g/mol. The molecule has 2 unspecified atom stereocenters. The molecule has 13 heavy (non-hydrogen) atoms. The molecule has 0 saturated carbocycles. The predicted octanol–water partition coefficient (Wildman–Crippen LogP) is -2.02. The van der Waals surface area contributed by atoms with Crippen LogP contribution >= 0.6 is 0 Å². The molecule has 0 aliphatic rings. The average Bonchev–Trinajstić information content (AvgIpc) is 2.02. The van der Waals surface area contributed by atoms with Gasteiger partial charge in [0.05, 0.1) is 0 Å². The van der Waals surface area contributed by atoms with Crippen molar-refractivity contribution in [2.24, 2.45) is 22.4 Å². The number of guanidine groups is 1. The van der Waals surface area contributed by atoms with Crippen LogP contribution in [-0.4, -0.2) is 29.6 Å². The summed E-state index contributed by atoms with van der Waals surface area (Å²) in [5.74, 6) is -0.888. The first-order chi connectivity index (χ1) is 5.95. The van der Waals surface area contributed by atoms with Crippen molar-refractivity contribution in [3.8, 4) is 0 Å². The van der Waals surface area contributed by atoms with Gasteiger partial charge in [-0.1, -0.05) is 6.92 Å². The van der Waals surface area contributed by atoms with Gasteiger partial charge in [0.25, 0.3) is 0 Å². The van der Waals surface area contributed by atoms with Crippen LogP contribution in [0.1, 0.15) is 13.3 Å². The number of hydrogen-bond donors (Lipinski definition) is 4. The van der Waals surface area contributed by atoms with Gasteiger partial charge in [-0.2, -0.15) is 0 Å². The Labute approximate surface area is 76.8 Å². The Morgan fingerprint density at radius 2 is 2.15 bits per heavy atom. The fourth-order valence-electron chi connectivity index (χ4n) is 0.842. The van der Waals surface area contributed by atoms with Crippen LogP contribution in [0.4, 0.5) is 0 Å². The molecule has 0 fully saturated rings. The summed E-state index contributed by atoms with van der Waals surface area (Å²) >= 11 is 0. The molecule has 0 amide bonds. The Morgan fingerprint density at radius 1 is 1.62 bits per heavy atom. The number of rotatable bonds is 5. The molecule has 0 aliphatic heterocycles. The van der Waals surface area contributed by atoms with Crippen molar-refractivity contribution in [3.63, 3.8) is 0 Å². The monoisotopic (exact) mass is 189 g/mol. The number of quaternary nitrogens is 1. The summed E-state index contributed by atoms with van der Waals surface area (Å²) < 4.78 is 0. The number of nitrogens with zero attached hydrogens (tertiary/aromatic N) is 1. The van der Waals surface area contributed by atoms with E-state index < -0.39 is 12.0 Å². The van der Waals surface area contributed by atoms with Crippen molar-refractivity contribution < 1.29 is 15.6 Å². The first kappa shape index (κ1) is 11.7. The largest absolute Gasteiger partial charge is 0.477 e. The van der Waals surface area contributed by atoms with Gasteiger partial charge in [0.1, 0.15) is 0 Å². The van der Waals surface area contributed by atoms with Crippen LogP contribution < -0.4 is 17.2 Å². The molecule has 0 aromatic heterocycles. The molecule has 0 aliphatic carbocycles. The van der Waals surface area contributed by atoms with Gasteiger partial charge in [0, 0.05) is 12.5 Å². The molecule has 76 valence electrons. The number of carboxylic acids is 1. The van der Waals surface area contributed by atoms with Gasteiger partial charge in [0.2, 0.25) is 0 Å². The molecule has 8 N–H and O–H groups in total. The van der Waals surface area contributed by atoms with E-state index in [1.165, 1.54) is 0 Å². The minimum absolute atomic E-state index is 0.0272. The molecule has 0 rings (SSSR count). The maximum absolute atomic E-state index is 10.5. The van der Waals surface area contributed by atoms with Crippen LogP contribution in [-0.2, 0) is 4.79 Å². The quantitative estimate of drug-likeness (QED) is 0.294. The van der Waals surface area contributed by atoms with Gasteiger partial charge in [-0.25, -0.2) is 4.79 Å². The third-order valence-corrected chi connectivity index (χ3v) is 1.88. The van der Waals surface area contributed by atoms with Crippen molar-refractivity contribution >= 4 is 11.9 Å². The maximum Gasteiger partial charge on any atom is 0.362 e. The second-order valence-electron chi connectivity index (χ2n) is 3.02. The smallest absolute Gasteiger partial charge is 0.362 e.